The largest absolute Gasteiger partial charge is 0.382 e. The Labute approximate surface area is 110 Å². The van der Waals surface area contributed by atoms with Crippen molar-refractivity contribution in [2.45, 2.75) is 13.5 Å². The molecule has 0 unspecified atom stereocenters. The summed E-state index contributed by atoms with van der Waals surface area (Å²) in [7, 11) is 0. The molecule has 0 aliphatic carbocycles. The lowest BCUT2D eigenvalue weighted by molar-refractivity contribution is 0.632. The zero-order valence-corrected chi connectivity index (χ0v) is 11.0. The van der Waals surface area contributed by atoms with E-state index in [0.717, 1.165) is 29.5 Å². The zero-order chi connectivity index (χ0) is 12.3. The minimum Gasteiger partial charge on any atom is -0.382 e. The molecule has 0 aliphatic rings. The average molecular weight is 270 g/mol. The van der Waals surface area contributed by atoms with Crippen molar-refractivity contribution in [1.82, 2.24) is 9.78 Å². The van der Waals surface area contributed by atoms with Crippen molar-refractivity contribution >= 4 is 28.9 Å². The fourth-order valence-corrected chi connectivity index (χ4v) is 1.87. The van der Waals surface area contributed by atoms with E-state index in [1.807, 2.05) is 42.1 Å². The first-order chi connectivity index (χ1) is 8.16. The van der Waals surface area contributed by atoms with Gasteiger partial charge in [0, 0.05) is 12.7 Å². The van der Waals surface area contributed by atoms with Crippen molar-refractivity contribution in [1.29, 1.82) is 0 Å². The number of aromatic nitrogens is 2. The van der Waals surface area contributed by atoms with E-state index in [1.54, 1.807) is 0 Å². The third-order valence-corrected chi connectivity index (χ3v) is 3.12. The van der Waals surface area contributed by atoms with Crippen molar-refractivity contribution in [3.8, 4) is 0 Å². The van der Waals surface area contributed by atoms with Crippen LogP contribution in [-0.4, -0.2) is 16.3 Å². The molecule has 0 saturated heterocycles. The number of rotatable bonds is 4. The first-order valence-corrected chi connectivity index (χ1v) is 6.10. The third kappa shape index (κ3) is 3.14. The van der Waals surface area contributed by atoms with Gasteiger partial charge in [0.1, 0.15) is 0 Å². The molecule has 5 heteroatoms. The molecule has 0 atom stereocenters. The van der Waals surface area contributed by atoms with Gasteiger partial charge in [-0.05, 0) is 19.1 Å². The molecule has 2 rings (SSSR count). The lowest BCUT2D eigenvalue weighted by Crippen LogP contribution is -2.11. The van der Waals surface area contributed by atoms with Crippen molar-refractivity contribution < 1.29 is 0 Å². The number of halogens is 2. The first-order valence-electron chi connectivity index (χ1n) is 5.35. The van der Waals surface area contributed by atoms with Crippen molar-refractivity contribution in [2.24, 2.45) is 0 Å². The predicted octanol–water partition coefficient (Wildman–Crippen LogP) is 3.61. The Balaban J connectivity index is 1.90. The Kier molecular flexibility index (Phi) is 3.92. The van der Waals surface area contributed by atoms with E-state index in [1.165, 1.54) is 0 Å². The van der Waals surface area contributed by atoms with Crippen LogP contribution >= 0.6 is 23.2 Å². The summed E-state index contributed by atoms with van der Waals surface area (Å²) in [4.78, 5) is 0. The van der Waals surface area contributed by atoms with Gasteiger partial charge in [-0.25, -0.2) is 0 Å². The molecule has 0 spiro atoms. The SMILES string of the molecule is Cc1nn(CCNc2ccccc2Cl)cc1Cl. The normalized spacial score (nSPS) is 10.5. The van der Waals surface area contributed by atoms with Gasteiger partial charge in [-0.2, -0.15) is 5.10 Å². The molecule has 3 nitrogen and oxygen atoms in total. The molecule has 1 aromatic heterocycles. The van der Waals surface area contributed by atoms with Crippen LogP contribution in [0.15, 0.2) is 30.5 Å². The molecule has 17 heavy (non-hydrogen) atoms. The molecular formula is C12H13Cl2N3. The molecule has 1 aromatic carbocycles. The van der Waals surface area contributed by atoms with Gasteiger partial charge in [0.25, 0.3) is 0 Å². The van der Waals surface area contributed by atoms with E-state index in [2.05, 4.69) is 10.4 Å². The Morgan fingerprint density at radius 3 is 2.65 bits per heavy atom. The van der Waals surface area contributed by atoms with E-state index in [4.69, 9.17) is 23.2 Å². The van der Waals surface area contributed by atoms with Crippen molar-refractivity contribution in [3.05, 3.63) is 46.2 Å². The maximum Gasteiger partial charge on any atom is 0.0814 e. The minimum absolute atomic E-state index is 0.697. The van der Waals surface area contributed by atoms with Gasteiger partial charge in [0.05, 0.1) is 28.0 Å². The summed E-state index contributed by atoms with van der Waals surface area (Å²) in [5.74, 6) is 0. The van der Waals surface area contributed by atoms with E-state index >= 15 is 0 Å². The monoisotopic (exact) mass is 269 g/mol. The Morgan fingerprint density at radius 2 is 2.00 bits per heavy atom. The van der Waals surface area contributed by atoms with Crippen LogP contribution in [0.4, 0.5) is 5.69 Å². The molecular weight excluding hydrogens is 257 g/mol. The van der Waals surface area contributed by atoms with Crippen LogP contribution in [0.3, 0.4) is 0 Å². The topological polar surface area (TPSA) is 29.9 Å². The van der Waals surface area contributed by atoms with Gasteiger partial charge in [-0.3, -0.25) is 4.68 Å². The van der Waals surface area contributed by atoms with Crippen LogP contribution in [-0.2, 0) is 6.54 Å². The second-order valence-corrected chi connectivity index (χ2v) is 4.55. The summed E-state index contributed by atoms with van der Waals surface area (Å²) in [6.45, 7) is 3.39. The minimum atomic E-state index is 0.697. The number of hydrogen-bond donors (Lipinski definition) is 1. The summed E-state index contributed by atoms with van der Waals surface area (Å²) in [6.07, 6.45) is 1.82. The van der Waals surface area contributed by atoms with Crippen LogP contribution in [0.25, 0.3) is 0 Å². The smallest absolute Gasteiger partial charge is 0.0814 e. The summed E-state index contributed by atoms with van der Waals surface area (Å²) in [6, 6.07) is 7.66. The number of nitrogens with zero attached hydrogens (tertiary/aromatic N) is 2. The number of benzene rings is 1. The van der Waals surface area contributed by atoms with Crippen LogP contribution in [0.2, 0.25) is 10.0 Å². The van der Waals surface area contributed by atoms with E-state index in [9.17, 15) is 0 Å². The van der Waals surface area contributed by atoms with Gasteiger partial charge in [0.15, 0.2) is 0 Å². The first kappa shape index (κ1) is 12.3. The standard InChI is InChI=1S/C12H13Cl2N3/c1-9-11(14)8-17(16-9)7-6-15-12-5-3-2-4-10(12)13/h2-5,8,15H,6-7H2,1H3. The average Bonchev–Trinajstić information content (AvgIpc) is 2.61. The molecule has 0 amide bonds. The molecule has 1 N–H and O–H groups in total. The molecule has 2 aromatic rings. The highest BCUT2D eigenvalue weighted by Crippen LogP contribution is 2.20. The van der Waals surface area contributed by atoms with Crippen LogP contribution in [0, 0.1) is 6.92 Å². The van der Waals surface area contributed by atoms with Crippen molar-refractivity contribution in [2.75, 3.05) is 11.9 Å². The number of aryl methyl sites for hydroxylation is 1. The number of hydrogen-bond acceptors (Lipinski definition) is 2. The Bertz CT molecular complexity index is 489. The maximum atomic E-state index is 6.03. The number of para-hydroxylation sites is 1. The van der Waals surface area contributed by atoms with Gasteiger partial charge in [-0.15, -0.1) is 0 Å². The highest BCUT2D eigenvalue weighted by Gasteiger charge is 2.02. The summed E-state index contributed by atoms with van der Waals surface area (Å²) < 4.78 is 1.82. The highest BCUT2D eigenvalue weighted by atomic mass is 35.5. The molecule has 0 saturated carbocycles. The highest BCUT2D eigenvalue weighted by molar-refractivity contribution is 6.33. The fourth-order valence-electron chi connectivity index (χ4n) is 1.52. The third-order valence-electron chi connectivity index (χ3n) is 2.42. The number of anilines is 1. The van der Waals surface area contributed by atoms with E-state index in [-0.39, 0.29) is 0 Å². The van der Waals surface area contributed by atoms with Crippen molar-refractivity contribution in [3.63, 3.8) is 0 Å². The van der Waals surface area contributed by atoms with Crippen LogP contribution in [0.1, 0.15) is 5.69 Å². The maximum absolute atomic E-state index is 6.03. The Hall–Kier alpha value is -1.19. The van der Waals surface area contributed by atoms with Gasteiger partial charge < -0.3 is 5.32 Å². The molecule has 0 bridgehead atoms. The molecule has 0 aliphatic heterocycles. The van der Waals surface area contributed by atoms with Gasteiger partial charge in [0.2, 0.25) is 0 Å². The van der Waals surface area contributed by atoms with Gasteiger partial charge >= 0.3 is 0 Å². The zero-order valence-electron chi connectivity index (χ0n) is 9.45. The van der Waals surface area contributed by atoms with Crippen LogP contribution in [0.5, 0.6) is 0 Å². The summed E-state index contributed by atoms with van der Waals surface area (Å²) in [5, 5.41) is 8.95. The quantitative estimate of drug-likeness (QED) is 0.919. The molecule has 0 fully saturated rings. The van der Waals surface area contributed by atoms with E-state index in [0.29, 0.717) is 5.02 Å². The predicted molar refractivity (Wildman–Crippen MR) is 71.9 cm³/mol. The van der Waals surface area contributed by atoms with Crippen LogP contribution < -0.4 is 5.32 Å². The van der Waals surface area contributed by atoms with Gasteiger partial charge in [-0.1, -0.05) is 35.3 Å². The van der Waals surface area contributed by atoms with E-state index < -0.39 is 0 Å². The molecule has 1 heterocycles. The Morgan fingerprint density at radius 1 is 1.24 bits per heavy atom. The lowest BCUT2D eigenvalue weighted by atomic mass is 10.3. The fraction of sp³-hybridized carbons (Fsp3) is 0.250. The molecule has 90 valence electrons. The number of nitrogens with one attached hydrogen (secondary N) is 1. The molecule has 0 radical (unpaired) electrons. The summed E-state index contributed by atoms with van der Waals surface area (Å²) >= 11 is 12.0. The lowest BCUT2D eigenvalue weighted by Gasteiger charge is -2.07. The second-order valence-electron chi connectivity index (χ2n) is 3.73. The second kappa shape index (κ2) is 5.43. The summed E-state index contributed by atoms with van der Waals surface area (Å²) in [5.41, 5.74) is 1.79.